The number of carbonyl (C=O) groups is 2. The van der Waals surface area contributed by atoms with Crippen molar-refractivity contribution in [1.82, 2.24) is 14.5 Å². The molecule has 0 aromatic heterocycles. The SMILES string of the molecule is CCC(C(=O)NC(C)C)N(Cc1ccccc1)C(=O)CCCN(C)S(=O)(=O)c1ccccc1. The highest BCUT2D eigenvalue weighted by Crippen LogP contribution is 2.17. The van der Waals surface area contributed by atoms with Gasteiger partial charge in [0.25, 0.3) is 0 Å². The molecular weight excluding hydrogens is 438 g/mol. The lowest BCUT2D eigenvalue weighted by atomic mass is 10.1. The van der Waals surface area contributed by atoms with Gasteiger partial charge >= 0.3 is 0 Å². The Bertz CT molecular complexity index is 995. The van der Waals surface area contributed by atoms with E-state index in [1.165, 1.54) is 11.4 Å². The van der Waals surface area contributed by atoms with Gasteiger partial charge in [0, 0.05) is 32.6 Å². The Kier molecular flexibility index (Phi) is 10.1. The molecule has 1 unspecified atom stereocenters. The Balaban J connectivity index is 2.09. The van der Waals surface area contributed by atoms with E-state index in [1.54, 1.807) is 35.2 Å². The molecule has 1 N–H and O–H groups in total. The monoisotopic (exact) mass is 473 g/mol. The average molecular weight is 474 g/mol. The fourth-order valence-electron chi connectivity index (χ4n) is 3.57. The molecule has 1 atom stereocenters. The van der Waals surface area contributed by atoms with Gasteiger partial charge in [0.05, 0.1) is 4.90 Å². The molecule has 0 saturated carbocycles. The summed E-state index contributed by atoms with van der Waals surface area (Å²) in [6.45, 7) is 6.18. The van der Waals surface area contributed by atoms with Crippen LogP contribution in [0.3, 0.4) is 0 Å². The third kappa shape index (κ3) is 7.68. The number of rotatable bonds is 12. The topological polar surface area (TPSA) is 86.8 Å². The average Bonchev–Trinajstić information content (AvgIpc) is 2.79. The predicted molar refractivity (Wildman–Crippen MR) is 130 cm³/mol. The lowest BCUT2D eigenvalue weighted by Gasteiger charge is -2.31. The van der Waals surface area contributed by atoms with Crippen molar-refractivity contribution in [3.05, 3.63) is 66.2 Å². The molecule has 180 valence electrons. The molecule has 0 aliphatic rings. The van der Waals surface area contributed by atoms with E-state index in [4.69, 9.17) is 0 Å². The van der Waals surface area contributed by atoms with Gasteiger partial charge in [-0.05, 0) is 44.4 Å². The Morgan fingerprint density at radius 3 is 2.09 bits per heavy atom. The van der Waals surface area contributed by atoms with Gasteiger partial charge in [-0.2, -0.15) is 0 Å². The van der Waals surface area contributed by atoms with Crippen molar-refractivity contribution in [2.24, 2.45) is 0 Å². The van der Waals surface area contributed by atoms with Crippen molar-refractivity contribution in [2.45, 2.75) is 63.6 Å². The molecule has 0 aliphatic carbocycles. The third-order valence-corrected chi connectivity index (χ3v) is 7.20. The molecule has 2 amide bonds. The molecule has 0 aliphatic heterocycles. The quantitative estimate of drug-likeness (QED) is 0.512. The summed E-state index contributed by atoms with van der Waals surface area (Å²) in [4.78, 5) is 27.8. The summed E-state index contributed by atoms with van der Waals surface area (Å²) in [6.07, 6.45) is 0.987. The molecule has 0 spiro atoms. The zero-order chi connectivity index (χ0) is 24.4. The first-order chi connectivity index (χ1) is 15.7. The normalized spacial score (nSPS) is 12.5. The summed E-state index contributed by atoms with van der Waals surface area (Å²) >= 11 is 0. The van der Waals surface area contributed by atoms with Crippen LogP contribution < -0.4 is 5.32 Å². The lowest BCUT2D eigenvalue weighted by Crippen LogP contribution is -2.50. The molecule has 8 heteroatoms. The second-order valence-electron chi connectivity index (χ2n) is 8.34. The number of hydrogen-bond donors (Lipinski definition) is 1. The maximum absolute atomic E-state index is 13.2. The van der Waals surface area contributed by atoms with E-state index < -0.39 is 16.1 Å². The largest absolute Gasteiger partial charge is 0.352 e. The first-order valence-corrected chi connectivity index (χ1v) is 12.8. The molecule has 0 saturated heterocycles. The Hall–Kier alpha value is -2.71. The van der Waals surface area contributed by atoms with Crippen molar-refractivity contribution in [2.75, 3.05) is 13.6 Å². The second-order valence-corrected chi connectivity index (χ2v) is 10.4. The van der Waals surface area contributed by atoms with Crippen LogP contribution in [0.25, 0.3) is 0 Å². The zero-order valence-corrected chi connectivity index (χ0v) is 20.7. The van der Waals surface area contributed by atoms with Crippen LogP contribution in [-0.4, -0.2) is 55.1 Å². The summed E-state index contributed by atoms with van der Waals surface area (Å²) in [6, 6.07) is 17.2. The number of hydrogen-bond acceptors (Lipinski definition) is 4. The van der Waals surface area contributed by atoms with E-state index in [-0.39, 0.29) is 35.7 Å². The highest BCUT2D eigenvalue weighted by molar-refractivity contribution is 7.89. The van der Waals surface area contributed by atoms with Crippen LogP contribution in [0.4, 0.5) is 0 Å². The molecule has 0 bridgehead atoms. The molecule has 0 radical (unpaired) electrons. The molecule has 0 heterocycles. The lowest BCUT2D eigenvalue weighted by molar-refractivity contribution is -0.141. The predicted octanol–water partition coefficient (Wildman–Crippen LogP) is 3.42. The van der Waals surface area contributed by atoms with Gasteiger partial charge < -0.3 is 10.2 Å². The minimum absolute atomic E-state index is 0.0305. The van der Waals surface area contributed by atoms with Crippen molar-refractivity contribution < 1.29 is 18.0 Å². The molecule has 7 nitrogen and oxygen atoms in total. The van der Waals surface area contributed by atoms with E-state index in [0.717, 1.165) is 5.56 Å². The smallest absolute Gasteiger partial charge is 0.243 e. The van der Waals surface area contributed by atoms with Crippen molar-refractivity contribution in [3.8, 4) is 0 Å². The van der Waals surface area contributed by atoms with Crippen LogP contribution in [0, 0.1) is 0 Å². The van der Waals surface area contributed by atoms with E-state index in [2.05, 4.69) is 5.32 Å². The minimum Gasteiger partial charge on any atom is -0.352 e. The highest BCUT2D eigenvalue weighted by Gasteiger charge is 2.29. The summed E-state index contributed by atoms with van der Waals surface area (Å²) in [5.74, 6) is -0.351. The van der Waals surface area contributed by atoms with Gasteiger partial charge in [-0.3, -0.25) is 9.59 Å². The molecule has 2 aromatic carbocycles. The Morgan fingerprint density at radius 2 is 1.55 bits per heavy atom. The fourth-order valence-corrected chi connectivity index (χ4v) is 4.80. The van der Waals surface area contributed by atoms with Gasteiger partial charge in [-0.25, -0.2) is 12.7 Å². The van der Waals surface area contributed by atoms with Crippen molar-refractivity contribution in [1.29, 1.82) is 0 Å². The fraction of sp³-hybridized carbons (Fsp3) is 0.440. The number of sulfonamides is 1. The van der Waals surface area contributed by atoms with Crippen molar-refractivity contribution >= 4 is 21.8 Å². The number of amides is 2. The molecule has 33 heavy (non-hydrogen) atoms. The standard InChI is InChI=1S/C25H35N3O4S/c1-5-23(25(30)26-20(2)3)28(19-21-13-8-6-9-14-21)24(29)17-12-18-27(4)33(31,32)22-15-10-7-11-16-22/h6-11,13-16,20,23H,5,12,17-19H2,1-4H3,(H,26,30). The number of nitrogens with one attached hydrogen (secondary N) is 1. The Labute approximate surface area is 197 Å². The van der Waals surface area contributed by atoms with Gasteiger partial charge in [-0.1, -0.05) is 55.5 Å². The van der Waals surface area contributed by atoms with E-state index in [0.29, 0.717) is 19.4 Å². The van der Waals surface area contributed by atoms with Crippen LogP contribution in [0.15, 0.2) is 65.6 Å². The van der Waals surface area contributed by atoms with Crippen LogP contribution in [0.5, 0.6) is 0 Å². The summed E-state index contributed by atoms with van der Waals surface area (Å²) < 4.78 is 26.7. The van der Waals surface area contributed by atoms with Crippen LogP contribution in [-0.2, 0) is 26.2 Å². The van der Waals surface area contributed by atoms with E-state index in [9.17, 15) is 18.0 Å². The third-order valence-electron chi connectivity index (χ3n) is 5.33. The molecular formula is C25H35N3O4S. The minimum atomic E-state index is -3.61. The van der Waals surface area contributed by atoms with Gasteiger partial charge in [-0.15, -0.1) is 0 Å². The van der Waals surface area contributed by atoms with Gasteiger partial charge in [0.1, 0.15) is 6.04 Å². The summed E-state index contributed by atoms with van der Waals surface area (Å²) in [5.41, 5.74) is 0.936. The van der Waals surface area contributed by atoms with Gasteiger partial charge in [0.15, 0.2) is 0 Å². The summed E-state index contributed by atoms with van der Waals surface area (Å²) in [7, 11) is -2.10. The first-order valence-electron chi connectivity index (χ1n) is 11.3. The molecule has 0 fully saturated rings. The highest BCUT2D eigenvalue weighted by atomic mass is 32.2. The van der Waals surface area contributed by atoms with E-state index in [1.807, 2.05) is 51.1 Å². The zero-order valence-electron chi connectivity index (χ0n) is 19.9. The van der Waals surface area contributed by atoms with E-state index >= 15 is 0 Å². The summed E-state index contributed by atoms with van der Waals surface area (Å²) in [5, 5.41) is 2.91. The van der Waals surface area contributed by atoms with Crippen LogP contribution >= 0.6 is 0 Å². The first kappa shape index (κ1) is 26.5. The Morgan fingerprint density at radius 1 is 0.970 bits per heavy atom. The number of benzene rings is 2. The van der Waals surface area contributed by atoms with Crippen LogP contribution in [0.2, 0.25) is 0 Å². The van der Waals surface area contributed by atoms with Crippen molar-refractivity contribution in [3.63, 3.8) is 0 Å². The molecule has 2 aromatic rings. The number of carbonyl (C=O) groups excluding carboxylic acids is 2. The number of nitrogens with zero attached hydrogens (tertiary/aromatic N) is 2. The van der Waals surface area contributed by atoms with Gasteiger partial charge in [0.2, 0.25) is 21.8 Å². The second kappa shape index (κ2) is 12.5. The maximum Gasteiger partial charge on any atom is 0.243 e. The maximum atomic E-state index is 13.2. The molecule has 2 rings (SSSR count). The van der Waals surface area contributed by atoms with Crippen LogP contribution in [0.1, 0.15) is 45.6 Å².